The molecule has 0 fully saturated rings. The van der Waals surface area contributed by atoms with Gasteiger partial charge in [-0.3, -0.25) is 0 Å². The van der Waals surface area contributed by atoms with Crippen molar-refractivity contribution < 1.29 is 0 Å². The van der Waals surface area contributed by atoms with Crippen LogP contribution in [0.5, 0.6) is 0 Å². The van der Waals surface area contributed by atoms with Crippen molar-refractivity contribution in [1.29, 1.82) is 0 Å². The lowest BCUT2D eigenvalue weighted by atomic mass is 10.2. The molecule has 0 aliphatic rings. The smallest absolute Gasteiger partial charge is 0.0505 e. The van der Waals surface area contributed by atoms with Crippen LogP contribution in [0.15, 0.2) is 24.3 Å². The summed E-state index contributed by atoms with van der Waals surface area (Å²) < 4.78 is 2.31. The lowest BCUT2D eigenvalue weighted by Crippen LogP contribution is -2.01. The third kappa shape index (κ3) is 1.18. The first kappa shape index (κ1) is 9.13. The second-order valence-corrected chi connectivity index (χ2v) is 4.03. The van der Waals surface area contributed by atoms with Gasteiger partial charge in [-0.1, -0.05) is 6.07 Å². The molecule has 0 aliphatic carbocycles. The van der Waals surface area contributed by atoms with Crippen LogP contribution in [0.2, 0.25) is 0 Å². The number of benzene rings is 1. The lowest BCUT2D eigenvalue weighted by molar-refractivity contribution is 0.608. The normalized spacial score (nSPS) is 11.4. The van der Waals surface area contributed by atoms with E-state index in [1.807, 2.05) is 12.1 Å². The Morgan fingerprint density at radius 1 is 1.29 bits per heavy atom. The Morgan fingerprint density at radius 3 is 2.64 bits per heavy atom. The van der Waals surface area contributed by atoms with Gasteiger partial charge in [-0.2, -0.15) is 0 Å². The van der Waals surface area contributed by atoms with Gasteiger partial charge in [0, 0.05) is 22.8 Å². The van der Waals surface area contributed by atoms with E-state index < -0.39 is 0 Å². The Morgan fingerprint density at radius 2 is 2.00 bits per heavy atom. The van der Waals surface area contributed by atoms with Crippen molar-refractivity contribution >= 4 is 16.6 Å². The Labute approximate surface area is 84.3 Å². The summed E-state index contributed by atoms with van der Waals surface area (Å²) in [6.07, 6.45) is 0. The molecular formula is C12H16N2. The number of aryl methyl sites for hydroxylation is 1. The van der Waals surface area contributed by atoms with Crippen LogP contribution in [0, 0.1) is 6.92 Å². The van der Waals surface area contributed by atoms with Crippen molar-refractivity contribution in [2.45, 2.75) is 26.8 Å². The first-order valence-corrected chi connectivity index (χ1v) is 4.97. The van der Waals surface area contributed by atoms with Crippen LogP contribution < -0.4 is 5.73 Å². The quantitative estimate of drug-likeness (QED) is 0.685. The second-order valence-electron chi connectivity index (χ2n) is 4.03. The van der Waals surface area contributed by atoms with Crippen molar-refractivity contribution in [3.8, 4) is 0 Å². The molecule has 0 aliphatic heterocycles. The third-order valence-electron chi connectivity index (χ3n) is 2.63. The lowest BCUT2D eigenvalue weighted by Gasteiger charge is -2.12. The van der Waals surface area contributed by atoms with E-state index in [1.54, 1.807) is 0 Å². The van der Waals surface area contributed by atoms with Gasteiger partial charge in [0.1, 0.15) is 0 Å². The number of aromatic nitrogens is 1. The predicted molar refractivity (Wildman–Crippen MR) is 61.5 cm³/mol. The van der Waals surface area contributed by atoms with Crippen LogP contribution in [0.3, 0.4) is 0 Å². The van der Waals surface area contributed by atoms with Crippen LogP contribution in [0.25, 0.3) is 10.9 Å². The number of nitrogens with zero attached hydrogens (tertiary/aromatic N) is 1. The van der Waals surface area contributed by atoms with Gasteiger partial charge in [0.25, 0.3) is 0 Å². The zero-order valence-electron chi connectivity index (χ0n) is 8.91. The molecule has 2 nitrogen and oxygen atoms in total. The van der Waals surface area contributed by atoms with E-state index in [2.05, 4.69) is 37.5 Å². The Kier molecular flexibility index (Phi) is 1.99. The maximum Gasteiger partial charge on any atom is 0.0505 e. The average molecular weight is 188 g/mol. The highest BCUT2D eigenvalue weighted by molar-refractivity contribution is 5.92. The van der Waals surface area contributed by atoms with Crippen molar-refractivity contribution in [2.75, 3.05) is 5.73 Å². The molecular weight excluding hydrogens is 172 g/mol. The largest absolute Gasteiger partial charge is 0.398 e. The fraction of sp³-hybridized carbons (Fsp3) is 0.333. The molecule has 0 bridgehead atoms. The fourth-order valence-electron chi connectivity index (χ4n) is 2.09. The molecule has 1 aromatic carbocycles. The number of anilines is 1. The standard InChI is InChI=1S/C12H16N2/c1-8(2)14-9(3)7-10-11(13)5-4-6-12(10)14/h4-8H,13H2,1-3H3. The predicted octanol–water partition coefficient (Wildman–Crippen LogP) is 3.11. The van der Waals surface area contributed by atoms with Crippen molar-refractivity contribution in [2.24, 2.45) is 0 Å². The molecule has 0 radical (unpaired) electrons. The van der Waals surface area contributed by atoms with Crippen LogP contribution in [-0.4, -0.2) is 4.57 Å². The monoisotopic (exact) mass is 188 g/mol. The molecule has 0 unspecified atom stereocenters. The molecule has 2 N–H and O–H groups in total. The van der Waals surface area contributed by atoms with Gasteiger partial charge in [-0.15, -0.1) is 0 Å². The number of fused-ring (bicyclic) bond motifs is 1. The summed E-state index contributed by atoms with van der Waals surface area (Å²) in [4.78, 5) is 0. The molecule has 0 saturated heterocycles. The van der Waals surface area contributed by atoms with Crippen LogP contribution >= 0.6 is 0 Å². The van der Waals surface area contributed by atoms with E-state index in [0.717, 1.165) is 5.69 Å². The highest BCUT2D eigenvalue weighted by Gasteiger charge is 2.09. The molecule has 0 atom stereocenters. The summed E-state index contributed by atoms with van der Waals surface area (Å²) >= 11 is 0. The van der Waals surface area contributed by atoms with Crippen LogP contribution in [-0.2, 0) is 0 Å². The van der Waals surface area contributed by atoms with Gasteiger partial charge in [0.2, 0.25) is 0 Å². The Balaban J connectivity index is 2.83. The van der Waals surface area contributed by atoms with Crippen molar-refractivity contribution in [3.63, 3.8) is 0 Å². The highest BCUT2D eigenvalue weighted by atomic mass is 15.0. The molecule has 0 spiro atoms. The van der Waals surface area contributed by atoms with Crippen LogP contribution in [0.1, 0.15) is 25.6 Å². The first-order valence-electron chi connectivity index (χ1n) is 4.97. The van der Waals surface area contributed by atoms with E-state index >= 15 is 0 Å². The molecule has 14 heavy (non-hydrogen) atoms. The molecule has 2 heteroatoms. The SMILES string of the molecule is Cc1cc2c(N)cccc2n1C(C)C. The van der Waals surface area contributed by atoms with Gasteiger partial charge >= 0.3 is 0 Å². The van der Waals surface area contributed by atoms with Gasteiger partial charge in [-0.25, -0.2) is 0 Å². The van der Waals surface area contributed by atoms with Crippen molar-refractivity contribution in [3.05, 3.63) is 30.0 Å². The van der Waals surface area contributed by atoms with E-state index in [9.17, 15) is 0 Å². The number of nitrogen functional groups attached to an aromatic ring is 1. The Hall–Kier alpha value is -1.44. The second kappa shape index (κ2) is 3.05. The van der Waals surface area contributed by atoms with Gasteiger partial charge in [-0.05, 0) is 39.0 Å². The van der Waals surface area contributed by atoms with E-state index in [4.69, 9.17) is 5.73 Å². The molecule has 1 aromatic heterocycles. The zero-order chi connectivity index (χ0) is 10.3. The van der Waals surface area contributed by atoms with E-state index in [-0.39, 0.29) is 0 Å². The maximum atomic E-state index is 5.93. The molecule has 2 aromatic rings. The average Bonchev–Trinajstić information content (AvgIpc) is 2.42. The summed E-state index contributed by atoms with van der Waals surface area (Å²) in [5.74, 6) is 0. The molecule has 74 valence electrons. The van der Waals surface area contributed by atoms with Crippen LogP contribution in [0.4, 0.5) is 5.69 Å². The molecule has 2 rings (SSSR count). The minimum atomic E-state index is 0.481. The molecule has 0 saturated carbocycles. The van der Waals surface area contributed by atoms with E-state index in [1.165, 1.54) is 16.6 Å². The van der Waals surface area contributed by atoms with Crippen molar-refractivity contribution in [1.82, 2.24) is 4.57 Å². The summed E-state index contributed by atoms with van der Waals surface area (Å²) in [6.45, 7) is 6.50. The zero-order valence-corrected chi connectivity index (χ0v) is 8.91. The minimum absolute atomic E-state index is 0.481. The Bertz CT molecular complexity index is 466. The van der Waals surface area contributed by atoms with Gasteiger partial charge in [0.05, 0.1) is 5.52 Å². The number of rotatable bonds is 1. The topological polar surface area (TPSA) is 30.9 Å². The maximum absolute atomic E-state index is 5.93. The molecule has 1 heterocycles. The van der Waals surface area contributed by atoms with Gasteiger partial charge < -0.3 is 10.3 Å². The van der Waals surface area contributed by atoms with Gasteiger partial charge in [0.15, 0.2) is 0 Å². The minimum Gasteiger partial charge on any atom is -0.398 e. The molecule has 0 amide bonds. The number of nitrogens with two attached hydrogens (primary N) is 1. The third-order valence-corrected chi connectivity index (χ3v) is 2.63. The first-order chi connectivity index (χ1) is 6.61. The highest BCUT2D eigenvalue weighted by Crippen LogP contribution is 2.27. The summed E-state index contributed by atoms with van der Waals surface area (Å²) in [5.41, 5.74) is 9.30. The van der Waals surface area contributed by atoms with E-state index in [0.29, 0.717) is 6.04 Å². The summed E-state index contributed by atoms with van der Waals surface area (Å²) in [7, 11) is 0. The summed E-state index contributed by atoms with van der Waals surface area (Å²) in [6, 6.07) is 8.72. The number of hydrogen-bond donors (Lipinski definition) is 1. The summed E-state index contributed by atoms with van der Waals surface area (Å²) in [5, 5.41) is 1.17. The fourth-order valence-corrected chi connectivity index (χ4v) is 2.09. The number of hydrogen-bond acceptors (Lipinski definition) is 1.